The number of benzene rings is 1. The fourth-order valence-electron chi connectivity index (χ4n) is 2.78. The van der Waals surface area contributed by atoms with Gasteiger partial charge in [-0.2, -0.15) is 0 Å². The van der Waals surface area contributed by atoms with Gasteiger partial charge in [0.2, 0.25) is 0 Å². The van der Waals surface area contributed by atoms with Crippen molar-refractivity contribution in [2.45, 2.75) is 57.9 Å². The lowest BCUT2D eigenvalue weighted by Crippen LogP contribution is -2.41. The van der Waals surface area contributed by atoms with Crippen molar-refractivity contribution in [1.29, 1.82) is 0 Å². The molecule has 1 aromatic rings. The maximum absolute atomic E-state index is 6.56. The highest BCUT2D eigenvalue weighted by Crippen LogP contribution is 2.35. The number of ether oxygens (including phenoxy) is 1. The molecule has 1 atom stereocenters. The van der Waals surface area contributed by atoms with Crippen LogP contribution < -0.4 is 10.5 Å². The highest BCUT2D eigenvalue weighted by atomic mass is 35.5. The van der Waals surface area contributed by atoms with E-state index in [0.717, 1.165) is 43.1 Å². The predicted octanol–water partition coefficient (Wildman–Crippen LogP) is 4.12. The first-order valence-electron chi connectivity index (χ1n) is 7.31. The smallest absolute Gasteiger partial charge is 0.125 e. The Bertz CT molecular complexity index is 447. The van der Waals surface area contributed by atoms with Crippen LogP contribution in [0, 0.1) is 0 Å². The summed E-state index contributed by atoms with van der Waals surface area (Å²) >= 11 is 6.21. The fourth-order valence-corrected chi connectivity index (χ4v) is 3.04. The minimum Gasteiger partial charge on any atom is -0.493 e. The Kier molecular flexibility index (Phi) is 4.75. The second kappa shape index (κ2) is 6.15. The van der Waals surface area contributed by atoms with E-state index < -0.39 is 0 Å². The summed E-state index contributed by atoms with van der Waals surface area (Å²) in [5.41, 5.74) is 8.84. The summed E-state index contributed by atoms with van der Waals surface area (Å²) in [6.45, 7) is 5.14. The van der Waals surface area contributed by atoms with Crippen molar-refractivity contribution in [3.05, 3.63) is 28.3 Å². The van der Waals surface area contributed by atoms with Crippen LogP contribution in [0.3, 0.4) is 0 Å². The van der Waals surface area contributed by atoms with Crippen LogP contribution in [-0.4, -0.2) is 12.1 Å². The minimum atomic E-state index is -0.138. The summed E-state index contributed by atoms with van der Waals surface area (Å²) in [5.74, 6) is 1.03. The normalized spacial score (nSPS) is 16.8. The Morgan fingerprint density at radius 2 is 2.16 bits per heavy atom. The van der Waals surface area contributed by atoms with Crippen molar-refractivity contribution < 1.29 is 4.74 Å². The van der Waals surface area contributed by atoms with Crippen LogP contribution in [0.25, 0.3) is 0 Å². The topological polar surface area (TPSA) is 35.2 Å². The van der Waals surface area contributed by atoms with Gasteiger partial charge in [0.05, 0.1) is 6.61 Å². The van der Waals surface area contributed by atoms with Gasteiger partial charge in [-0.1, -0.05) is 38.3 Å². The maximum Gasteiger partial charge on any atom is 0.125 e. The standard InChI is InChI=1S/C16H24ClNO/c1-3-5-7-16(18,4-2)11-13-10-14(17)9-12-6-8-19-15(12)13/h9-10H,3-8,11,18H2,1-2H3. The lowest BCUT2D eigenvalue weighted by atomic mass is 9.84. The van der Waals surface area contributed by atoms with Gasteiger partial charge in [-0.25, -0.2) is 0 Å². The molecule has 1 aromatic carbocycles. The van der Waals surface area contributed by atoms with Crippen LogP contribution in [0.2, 0.25) is 5.02 Å². The number of hydrogen-bond donors (Lipinski definition) is 1. The van der Waals surface area contributed by atoms with Gasteiger partial charge >= 0.3 is 0 Å². The van der Waals surface area contributed by atoms with Gasteiger partial charge in [0.1, 0.15) is 5.75 Å². The molecular formula is C16H24ClNO. The third-order valence-electron chi connectivity index (χ3n) is 4.10. The molecule has 1 aliphatic heterocycles. The van der Waals surface area contributed by atoms with E-state index >= 15 is 0 Å². The summed E-state index contributed by atoms with van der Waals surface area (Å²) in [7, 11) is 0. The average Bonchev–Trinajstić information content (AvgIpc) is 2.84. The van der Waals surface area contributed by atoms with Gasteiger partial charge in [0.15, 0.2) is 0 Å². The fraction of sp³-hybridized carbons (Fsp3) is 0.625. The molecule has 0 saturated carbocycles. The van der Waals surface area contributed by atoms with E-state index in [0.29, 0.717) is 0 Å². The van der Waals surface area contributed by atoms with Gasteiger partial charge in [-0.05, 0) is 42.5 Å². The zero-order valence-corrected chi connectivity index (χ0v) is 12.7. The summed E-state index contributed by atoms with van der Waals surface area (Å²) in [6, 6.07) is 4.04. The van der Waals surface area contributed by atoms with Crippen LogP contribution in [0.5, 0.6) is 5.75 Å². The van der Waals surface area contributed by atoms with Crippen LogP contribution in [0.4, 0.5) is 0 Å². The molecule has 106 valence electrons. The monoisotopic (exact) mass is 281 g/mol. The molecule has 0 radical (unpaired) electrons. The number of fused-ring (bicyclic) bond motifs is 1. The van der Waals surface area contributed by atoms with E-state index in [1.165, 1.54) is 24.0 Å². The number of halogens is 1. The molecule has 3 heteroatoms. The first-order chi connectivity index (χ1) is 9.08. The molecule has 19 heavy (non-hydrogen) atoms. The van der Waals surface area contributed by atoms with E-state index in [-0.39, 0.29) is 5.54 Å². The van der Waals surface area contributed by atoms with Crippen molar-refractivity contribution in [1.82, 2.24) is 0 Å². The summed E-state index contributed by atoms with van der Waals surface area (Å²) in [4.78, 5) is 0. The lowest BCUT2D eigenvalue weighted by molar-refractivity contribution is 0.335. The van der Waals surface area contributed by atoms with Crippen molar-refractivity contribution in [2.75, 3.05) is 6.61 Å². The van der Waals surface area contributed by atoms with Crippen molar-refractivity contribution in [2.24, 2.45) is 5.73 Å². The first-order valence-corrected chi connectivity index (χ1v) is 7.69. The first kappa shape index (κ1) is 14.7. The molecule has 0 aromatic heterocycles. The molecular weight excluding hydrogens is 258 g/mol. The van der Waals surface area contributed by atoms with E-state index in [4.69, 9.17) is 22.1 Å². The molecule has 0 saturated heterocycles. The van der Waals surface area contributed by atoms with Gasteiger partial charge in [-0.15, -0.1) is 0 Å². The largest absolute Gasteiger partial charge is 0.493 e. The average molecular weight is 282 g/mol. The van der Waals surface area contributed by atoms with Crippen molar-refractivity contribution in [3.8, 4) is 5.75 Å². The third-order valence-corrected chi connectivity index (χ3v) is 4.32. The number of unbranched alkanes of at least 4 members (excludes halogenated alkanes) is 1. The quantitative estimate of drug-likeness (QED) is 0.851. The van der Waals surface area contributed by atoms with Crippen LogP contribution in [0.15, 0.2) is 12.1 Å². The van der Waals surface area contributed by atoms with Gasteiger partial charge in [0.25, 0.3) is 0 Å². The second-order valence-corrected chi connectivity index (χ2v) is 6.08. The third kappa shape index (κ3) is 3.43. The lowest BCUT2D eigenvalue weighted by Gasteiger charge is -2.29. The Hall–Kier alpha value is -0.730. The summed E-state index contributed by atoms with van der Waals surface area (Å²) < 4.78 is 5.77. The molecule has 2 N–H and O–H groups in total. The van der Waals surface area contributed by atoms with Gasteiger partial charge in [0, 0.05) is 17.0 Å². The molecule has 0 aliphatic carbocycles. The summed E-state index contributed by atoms with van der Waals surface area (Å²) in [5, 5.41) is 0.799. The maximum atomic E-state index is 6.56. The molecule has 0 bridgehead atoms. The highest BCUT2D eigenvalue weighted by molar-refractivity contribution is 6.30. The molecule has 1 heterocycles. The molecule has 0 amide bonds. The van der Waals surface area contributed by atoms with Crippen LogP contribution in [0.1, 0.15) is 50.7 Å². The summed E-state index contributed by atoms with van der Waals surface area (Å²) in [6.07, 6.45) is 6.21. The zero-order valence-electron chi connectivity index (χ0n) is 12.0. The van der Waals surface area contributed by atoms with Crippen LogP contribution in [-0.2, 0) is 12.8 Å². The van der Waals surface area contributed by atoms with E-state index in [1.807, 2.05) is 12.1 Å². The highest BCUT2D eigenvalue weighted by Gasteiger charge is 2.26. The van der Waals surface area contributed by atoms with E-state index in [2.05, 4.69) is 13.8 Å². The zero-order chi connectivity index (χ0) is 13.9. The minimum absolute atomic E-state index is 0.138. The Morgan fingerprint density at radius 3 is 2.84 bits per heavy atom. The van der Waals surface area contributed by atoms with Crippen LogP contribution >= 0.6 is 11.6 Å². The second-order valence-electron chi connectivity index (χ2n) is 5.65. The van der Waals surface area contributed by atoms with Gasteiger partial charge < -0.3 is 10.5 Å². The SMILES string of the molecule is CCCCC(N)(CC)Cc1cc(Cl)cc2c1OCC2. The van der Waals surface area contributed by atoms with Crippen molar-refractivity contribution in [3.63, 3.8) is 0 Å². The van der Waals surface area contributed by atoms with E-state index in [1.54, 1.807) is 0 Å². The Balaban J connectivity index is 2.22. The van der Waals surface area contributed by atoms with Crippen molar-refractivity contribution >= 4 is 11.6 Å². The number of rotatable bonds is 6. The van der Waals surface area contributed by atoms with Gasteiger partial charge in [-0.3, -0.25) is 0 Å². The number of hydrogen-bond acceptors (Lipinski definition) is 2. The molecule has 2 rings (SSSR count). The molecule has 2 nitrogen and oxygen atoms in total. The Morgan fingerprint density at radius 1 is 1.37 bits per heavy atom. The predicted molar refractivity (Wildman–Crippen MR) is 81.1 cm³/mol. The molecule has 0 spiro atoms. The molecule has 1 aliphatic rings. The Labute approximate surface area is 121 Å². The molecule has 0 fully saturated rings. The number of nitrogens with two attached hydrogens (primary N) is 1. The van der Waals surface area contributed by atoms with E-state index in [9.17, 15) is 0 Å². The molecule has 1 unspecified atom stereocenters.